The molecule has 0 aliphatic carbocycles. The fraction of sp³-hybridized carbons (Fsp3) is 0.750. The van der Waals surface area contributed by atoms with Crippen molar-refractivity contribution < 1.29 is 20.1 Å². The quantitative estimate of drug-likeness (QED) is 0.566. The van der Waals surface area contributed by atoms with Crippen molar-refractivity contribution in [1.82, 2.24) is 0 Å². The van der Waals surface area contributed by atoms with E-state index in [0.717, 1.165) is 5.57 Å². The fourth-order valence-electron chi connectivity index (χ4n) is 1.15. The molecule has 4 atom stereocenters. The largest absolute Gasteiger partial charge is 0.387 e. The van der Waals surface area contributed by atoms with Crippen LogP contribution < -0.4 is 0 Å². The van der Waals surface area contributed by atoms with Crippen molar-refractivity contribution in [2.75, 3.05) is 0 Å². The summed E-state index contributed by atoms with van der Waals surface area (Å²) in [6, 6.07) is 0. The van der Waals surface area contributed by atoms with E-state index in [2.05, 4.69) is 0 Å². The van der Waals surface area contributed by atoms with Crippen molar-refractivity contribution in [3.05, 3.63) is 10.6 Å². The molecule has 0 aromatic rings. The Morgan fingerprint density at radius 2 is 1.69 bits per heavy atom. The molecule has 0 aromatic carbocycles. The summed E-state index contributed by atoms with van der Waals surface area (Å²) in [7, 11) is 0. The lowest BCUT2D eigenvalue weighted by molar-refractivity contribution is -0.121. The minimum Gasteiger partial charge on any atom is -0.387 e. The van der Waals surface area contributed by atoms with Crippen molar-refractivity contribution in [3.8, 4) is 0 Å². The average molecular weight is 209 g/mol. The number of hydrogen-bond acceptors (Lipinski definition) is 4. The molecule has 76 valence electrons. The molecular weight excluding hydrogens is 196 g/mol. The minimum atomic E-state index is -1.37. The lowest BCUT2D eigenvalue weighted by Crippen LogP contribution is -2.32. The first-order valence-corrected chi connectivity index (χ1v) is 4.35. The van der Waals surface area contributed by atoms with E-state index >= 15 is 0 Å². The number of aliphatic hydroxyl groups excluding tert-OH is 3. The molecule has 1 rings (SSSR count). The van der Waals surface area contributed by atoms with Gasteiger partial charge in [0.2, 0.25) is 0 Å². The fourth-order valence-corrected chi connectivity index (χ4v) is 1.33. The van der Waals surface area contributed by atoms with Gasteiger partial charge in [-0.1, -0.05) is 17.2 Å². The van der Waals surface area contributed by atoms with Gasteiger partial charge in [0.05, 0.1) is 0 Å². The summed E-state index contributed by atoms with van der Waals surface area (Å²) in [6.45, 7) is 3.52. The van der Waals surface area contributed by atoms with E-state index in [9.17, 15) is 5.11 Å². The third kappa shape index (κ3) is 2.03. The summed E-state index contributed by atoms with van der Waals surface area (Å²) in [6.07, 6.45) is -4.65. The predicted molar refractivity (Wildman–Crippen MR) is 47.1 cm³/mol. The number of ether oxygens (including phenoxy) is 1. The molecule has 0 bridgehead atoms. The second-order valence-electron chi connectivity index (χ2n) is 3.28. The highest BCUT2D eigenvalue weighted by Gasteiger charge is 2.43. The molecule has 1 unspecified atom stereocenters. The molecule has 4 nitrogen and oxygen atoms in total. The monoisotopic (exact) mass is 208 g/mol. The van der Waals surface area contributed by atoms with E-state index in [1.165, 1.54) is 0 Å². The lowest BCUT2D eigenvalue weighted by atomic mass is 10.1. The second-order valence-corrected chi connectivity index (χ2v) is 3.68. The Bertz CT molecular complexity index is 224. The van der Waals surface area contributed by atoms with Gasteiger partial charge >= 0.3 is 0 Å². The third-order valence-electron chi connectivity index (χ3n) is 1.97. The van der Waals surface area contributed by atoms with Gasteiger partial charge < -0.3 is 20.1 Å². The highest BCUT2D eigenvalue weighted by molar-refractivity contribution is 6.30. The van der Waals surface area contributed by atoms with Gasteiger partial charge in [0.1, 0.15) is 18.3 Å². The summed E-state index contributed by atoms with van der Waals surface area (Å²) < 4.78 is 4.87. The molecule has 5 heteroatoms. The van der Waals surface area contributed by atoms with Crippen molar-refractivity contribution >= 4 is 11.6 Å². The van der Waals surface area contributed by atoms with Gasteiger partial charge in [-0.3, -0.25) is 0 Å². The summed E-state index contributed by atoms with van der Waals surface area (Å²) in [5, 5.41) is 27.9. The van der Waals surface area contributed by atoms with E-state index in [-0.39, 0.29) is 0 Å². The van der Waals surface area contributed by atoms with Crippen molar-refractivity contribution in [1.29, 1.82) is 0 Å². The van der Waals surface area contributed by atoms with Crippen LogP contribution in [0.15, 0.2) is 10.6 Å². The van der Waals surface area contributed by atoms with Gasteiger partial charge in [-0.2, -0.15) is 0 Å². The first kappa shape index (κ1) is 10.9. The minimum absolute atomic E-state index is 0.322. The van der Waals surface area contributed by atoms with E-state index < -0.39 is 24.6 Å². The number of allylic oxidation sites excluding steroid dienone is 1. The number of hydrogen-bond donors (Lipinski definition) is 3. The zero-order valence-corrected chi connectivity index (χ0v) is 8.19. The molecule has 1 aliphatic heterocycles. The van der Waals surface area contributed by atoms with Gasteiger partial charge in [-0.05, 0) is 13.8 Å². The third-order valence-corrected chi connectivity index (χ3v) is 2.56. The van der Waals surface area contributed by atoms with Crippen LogP contribution in [0.3, 0.4) is 0 Å². The van der Waals surface area contributed by atoms with Crippen molar-refractivity contribution in [3.63, 3.8) is 0 Å². The van der Waals surface area contributed by atoms with Gasteiger partial charge in [0, 0.05) is 5.03 Å². The molecule has 13 heavy (non-hydrogen) atoms. The van der Waals surface area contributed by atoms with Gasteiger partial charge in [-0.15, -0.1) is 0 Å². The highest BCUT2D eigenvalue weighted by Crippen LogP contribution is 2.28. The van der Waals surface area contributed by atoms with Gasteiger partial charge in [-0.25, -0.2) is 0 Å². The van der Waals surface area contributed by atoms with Crippen LogP contribution in [0, 0.1) is 0 Å². The normalized spacial score (nSPS) is 39.2. The van der Waals surface area contributed by atoms with Crippen LogP contribution in [-0.4, -0.2) is 39.9 Å². The molecule has 0 saturated carbocycles. The molecular formula is C8H13ClO4. The van der Waals surface area contributed by atoms with Gasteiger partial charge in [0.25, 0.3) is 0 Å². The lowest BCUT2D eigenvalue weighted by Gasteiger charge is -2.14. The van der Waals surface area contributed by atoms with Crippen molar-refractivity contribution in [2.24, 2.45) is 0 Å². The molecule has 1 aliphatic rings. The van der Waals surface area contributed by atoms with Crippen LogP contribution in [-0.2, 0) is 4.74 Å². The molecule has 1 fully saturated rings. The van der Waals surface area contributed by atoms with Crippen LogP contribution in [0.1, 0.15) is 13.8 Å². The van der Waals surface area contributed by atoms with Gasteiger partial charge in [0.15, 0.2) is 6.29 Å². The van der Waals surface area contributed by atoms with E-state index in [0.29, 0.717) is 5.03 Å². The number of rotatable bonds is 1. The summed E-state index contributed by atoms with van der Waals surface area (Å²) in [5.74, 6) is 0. The van der Waals surface area contributed by atoms with E-state index in [1.54, 1.807) is 13.8 Å². The Kier molecular flexibility index (Phi) is 3.32. The Labute approximate surface area is 81.4 Å². The summed E-state index contributed by atoms with van der Waals surface area (Å²) in [5.41, 5.74) is 0.784. The summed E-state index contributed by atoms with van der Waals surface area (Å²) in [4.78, 5) is 0. The molecule has 0 amide bonds. The zero-order chi connectivity index (χ0) is 10.2. The zero-order valence-electron chi connectivity index (χ0n) is 7.44. The molecule has 0 aromatic heterocycles. The molecule has 0 spiro atoms. The topological polar surface area (TPSA) is 69.9 Å². The SMILES string of the molecule is CC(C)=C(Cl)[C@H]1OC(O)[C@H](O)[C@@H]1O. The van der Waals surface area contributed by atoms with Crippen LogP contribution >= 0.6 is 11.6 Å². The Morgan fingerprint density at radius 3 is 2.00 bits per heavy atom. The number of aliphatic hydroxyl groups is 3. The van der Waals surface area contributed by atoms with Crippen molar-refractivity contribution in [2.45, 2.75) is 38.4 Å². The highest BCUT2D eigenvalue weighted by atomic mass is 35.5. The Balaban J connectivity index is 2.80. The average Bonchev–Trinajstić information content (AvgIpc) is 2.31. The predicted octanol–water partition coefficient (Wildman–Crippen LogP) is -0.0419. The molecule has 1 saturated heterocycles. The van der Waals surface area contributed by atoms with Crippen LogP contribution in [0.25, 0.3) is 0 Å². The van der Waals surface area contributed by atoms with E-state index in [4.69, 9.17) is 26.6 Å². The smallest absolute Gasteiger partial charge is 0.184 e. The van der Waals surface area contributed by atoms with Crippen LogP contribution in [0.5, 0.6) is 0 Å². The maximum atomic E-state index is 9.39. The summed E-state index contributed by atoms with van der Waals surface area (Å²) >= 11 is 5.82. The first-order valence-electron chi connectivity index (χ1n) is 3.97. The number of halogens is 1. The van der Waals surface area contributed by atoms with E-state index in [1.807, 2.05) is 0 Å². The van der Waals surface area contributed by atoms with Crippen LogP contribution in [0.4, 0.5) is 0 Å². The standard InChI is InChI=1S/C8H13ClO4/c1-3(2)4(9)7-5(10)6(11)8(12)13-7/h5-8,10-12H,1-2H3/t5-,6+,7+,8?/m0/s1. The maximum absolute atomic E-state index is 9.39. The Morgan fingerprint density at radius 1 is 1.15 bits per heavy atom. The molecule has 3 N–H and O–H groups in total. The molecule has 1 heterocycles. The first-order chi connectivity index (χ1) is 5.95. The Hall–Kier alpha value is -0.130. The maximum Gasteiger partial charge on any atom is 0.184 e. The molecule has 0 radical (unpaired) electrons. The van der Waals surface area contributed by atoms with Crippen LogP contribution in [0.2, 0.25) is 0 Å². The second kappa shape index (κ2) is 3.94.